The number of aliphatic imine (C=N–C) groups is 2. The van der Waals surface area contributed by atoms with Crippen molar-refractivity contribution in [2.24, 2.45) is 21.8 Å². The van der Waals surface area contributed by atoms with Crippen LogP contribution in [-0.2, 0) is 9.59 Å². The number of carbonyl (C=O) groups excluding carboxylic acids is 2. The molecule has 4 heteroatoms. The van der Waals surface area contributed by atoms with Crippen LogP contribution < -0.4 is 0 Å². The van der Waals surface area contributed by atoms with E-state index in [2.05, 4.69) is 16.9 Å². The van der Waals surface area contributed by atoms with Crippen LogP contribution in [-0.4, -0.2) is 24.7 Å². The van der Waals surface area contributed by atoms with Crippen LogP contribution in [0, 0.1) is 11.8 Å². The average Bonchev–Trinajstić information content (AvgIpc) is 2.54. The van der Waals surface area contributed by atoms with E-state index in [0.29, 0.717) is 18.4 Å². The van der Waals surface area contributed by atoms with Crippen LogP contribution >= 0.6 is 0 Å². The SMILES string of the molecule is CCCCCCCCCC1CCC(CN=C=O)CC1N=C=O. The van der Waals surface area contributed by atoms with Crippen LogP contribution in [0.25, 0.3) is 0 Å². The van der Waals surface area contributed by atoms with E-state index in [1.165, 1.54) is 44.9 Å². The Morgan fingerprint density at radius 1 is 0.955 bits per heavy atom. The quantitative estimate of drug-likeness (QED) is 0.318. The Kier molecular flexibility index (Phi) is 10.5. The zero-order valence-electron chi connectivity index (χ0n) is 13.9. The molecule has 3 unspecified atom stereocenters. The second kappa shape index (κ2) is 12.3. The summed E-state index contributed by atoms with van der Waals surface area (Å²) >= 11 is 0. The molecule has 0 aliphatic heterocycles. The maximum Gasteiger partial charge on any atom is 0.235 e. The number of hydrogen-bond donors (Lipinski definition) is 0. The van der Waals surface area contributed by atoms with E-state index < -0.39 is 0 Å². The fourth-order valence-corrected chi connectivity index (χ4v) is 3.55. The second-order valence-electron chi connectivity index (χ2n) is 6.57. The Balaban J connectivity index is 2.26. The normalized spacial score (nSPS) is 24.3. The van der Waals surface area contributed by atoms with E-state index in [-0.39, 0.29) is 6.04 Å². The molecule has 1 aliphatic rings. The molecule has 1 rings (SSSR count). The first kappa shape index (κ1) is 18.8. The van der Waals surface area contributed by atoms with Crippen molar-refractivity contribution in [2.45, 2.75) is 83.6 Å². The van der Waals surface area contributed by atoms with E-state index in [1.807, 2.05) is 0 Å². The first-order valence-corrected chi connectivity index (χ1v) is 8.92. The number of isocyanates is 2. The van der Waals surface area contributed by atoms with Gasteiger partial charge in [-0.1, -0.05) is 51.9 Å². The van der Waals surface area contributed by atoms with Crippen molar-refractivity contribution in [3.05, 3.63) is 0 Å². The van der Waals surface area contributed by atoms with Crippen LogP contribution in [0.5, 0.6) is 0 Å². The summed E-state index contributed by atoms with van der Waals surface area (Å²) in [7, 11) is 0. The number of rotatable bonds is 11. The summed E-state index contributed by atoms with van der Waals surface area (Å²) in [4.78, 5) is 28.5. The van der Waals surface area contributed by atoms with Gasteiger partial charge < -0.3 is 0 Å². The van der Waals surface area contributed by atoms with Gasteiger partial charge in [-0.05, 0) is 37.5 Å². The van der Waals surface area contributed by atoms with Gasteiger partial charge in [0.2, 0.25) is 12.2 Å². The molecule has 0 saturated heterocycles. The topological polar surface area (TPSA) is 58.9 Å². The summed E-state index contributed by atoms with van der Waals surface area (Å²) in [5.74, 6) is 0.877. The Labute approximate surface area is 134 Å². The summed E-state index contributed by atoms with van der Waals surface area (Å²) in [6, 6.07) is 0.0817. The van der Waals surface area contributed by atoms with Gasteiger partial charge >= 0.3 is 0 Å². The van der Waals surface area contributed by atoms with Crippen LogP contribution in [0.1, 0.15) is 77.6 Å². The molecule has 1 fully saturated rings. The molecule has 124 valence electrons. The summed E-state index contributed by atoms with van der Waals surface area (Å²) in [5, 5.41) is 0. The molecule has 0 aromatic rings. The lowest BCUT2D eigenvalue weighted by atomic mass is 9.76. The van der Waals surface area contributed by atoms with E-state index in [1.54, 1.807) is 12.2 Å². The molecule has 0 bridgehead atoms. The summed E-state index contributed by atoms with van der Waals surface area (Å²) in [5.41, 5.74) is 0. The minimum absolute atomic E-state index is 0.0817. The lowest BCUT2D eigenvalue weighted by Gasteiger charge is -2.32. The monoisotopic (exact) mass is 306 g/mol. The zero-order chi connectivity index (χ0) is 16.0. The lowest BCUT2D eigenvalue weighted by Crippen LogP contribution is -2.29. The standard InChI is InChI=1S/C18H30N2O2/c1-2-3-4-5-6-7-8-9-17-11-10-16(13-19-14-21)12-18(17)20-15-22/h16-18H,2-13H2,1H3. The third kappa shape index (κ3) is 7.68. The molecule has 4 nitrogen and oxygen atoms in total. The molecule has 1 aliphatic carbocycles. The molecule has 0 N–H and O–H groups in total. The Morgan fingerprint density at radius 3 is 2.36 bits per heavy atom. The third-order valence-electron chi connectivity index (χ3n) is 4.88. The predicted molar refractivity (Wildman–Crippen MR) is 88.3 cm³/mol. The fourth-order valence-electron chi connectivity index (χ4n) is 3.55. The fraction of sp³-hybridized carbons (Fsp3) is 0.889. The van der Waals surface area contributed by atoms with E-state index >= 15 is 0 Å². The van der Waals surface area contributed by atoms with Gasteiger partial charge in [-0.3, -0.25) is 0 Å². The molecule has 0 heterocycles. The van der Waals surface area contributed by atoms with Crippen molar-refractivity contribution in [1.82, 2.24) is 0 Å². The van der Waals surface area contributed by atoms with Crippen LogP contribution in [0.3, 0.4) is 0 Å². The highest BCUT2D eigenvalue weighted by Gasteiger charge is 2.29. The average molecular weight is 306 g/mol. The lowest BCUT2D eigenvalue weighted by molar-refractivity contribution is 0.227. The van der Waals surface area contributed by atoms with Gasteiger partial charge in [0.25, 0.3) is 0 Å². The highest BCUT2D eigenvalue weighted by atomic mass is 16.1. The smallest absolute Gasteiger partial charge is 0.211 e. The number of hydrogen-bond acceptors (Lipinski definition) is 4. The molecule has 0 aromatic carbocycles. The Morgan fingerprint density at radius 2 is 1.68 bits per heavy atom. The highest BCUT2D eigenvalue weighted by molar-refractivity contribution is 5.34. The molecule has 22 heavy (non-hydrogen) atoms. The van der Waals surface area contributed by atoms with Crippen molar-refractivity contribution in [3.63, 3.8) is 0 Å². The van der Waals surface area contributed by atoms with E-state index in [4.69, 9.17) is 0 Å². The third-order valence-corrected chi connectivity index (χ3v) is 4.88. The molecule has 0 radical (unpaired) electrons. The minimum atomic E-state index is 0.0817. The predicted octanol–water partition coefficient (Wildman–Crippen LogP) is 4.58. The second-order valence-corrected chi connectivity index (χ2v) is 6.57. The van der Waals surface area contributed by atoms with Gasteiger partial charge in [0.1, 0.15) is 0 Å². The van der Waals surface area contributed by atoms with Crippen LogP contribution in [0.2, 0.25) is 0 Å². The van der Waals surface area contributed by atoms with Gasteiger partial charge in [-0.2, -0.15) is 0 Å². The Hall–Kier alpha value is -1.24. The molecule has 0 amide bonds. The van der Waals surface area contributed by atoms with Gasteiger partial charge in [-0.15, -0.1) is 0 Å². The van der Waals surface area contributed by atoms with Crippen LogP contribution in [0.15, 0.2) is 9.98 Å². The molecule has 1 saturated carbocycles. The number of unbranched alkanes of at least 4 members (excludes halogenated alkanes) is 6. The summed E-state index contributed by atoms with van der Waals surface area (Å²) in [6.45, 7) is 2.77. The van der Waals surface area contributed by atoms with Crippen molar-refractivity contribution < 1.29 is 9.59 Å². The number of nitrogens with zero attached hydrogens (tertiary/aromatic N) is 2. The van der Waals surface area contributed by atoms with Crippen molar-refractivity contribution in [2.75, 3.05) is 6.54 Å². The van der Waals surface area contributed by atoms with E-state index in [9.17, 15) is 9.59 Å². The highest BCUT2D eigenvalue weighted by Crippen LogP contribution is 2.34. The zero-order valence-corrected chi connectivity index (χ0v) is 13.9. The van der Waals surface area contributed by atoms with Gasteiger partial charge in [0.15, 0.2) is 0 Å². The maximum absolute atomic E-state index is 10.6. The van der Waals surface area contributed by atoms with Crippen LogP contribution in [0.4, 0.5) is 0 Å². The molecular formula is C18H30N2O2. The van der Waals surface area contributed by atoms with Crippen molar-refractivity contribution >= 4 is 12.2 Å². The van der Waals surface area contributed by atoms with Gasteiger partial charge in [0, 0.05) is 0 Å². The van der Waals surface area contributed by atoms with Gasteiger partial charge in [-0.25, -0.2) is 19.6 Å². The molecular weight excluding hydrogens is 276 g/mol. The van der Waals surface area contributed by atoms with Crippen molar-refractivity contribution in [1.29, 1.82) is 0 Å². The van der Waals surface area contributed by atoms with E-state index in [0.717, 1.165) is 25.7 Å². The first-order valence-electron chi connectivity index (χ1n) is 8.92. The minimum Gasteiger partial charge on any atom is -0.211 e. The largest absolute Gasteiger partial charge is 0.235 e. The Bertz CT molecular complexity index is 385. The first-order chi connectivity index (χ1) is 10.8. The molecule has 3 atom stereocenters. The van der Waals surface area contributed by atoms with Crippen molar-refractivity contribution in [3.8, 4) is 0 Å². The summed E-state index contributed by atoms with van der Waals surface area (Å²) in [6.07, 6.45) is 16.7. The molecule has 0 spiro atoms. The summed E-state index contributed by atoms with van der Waals surface area (Å²) < 4.78 is 0. The molecule has 0 aromatic heterocycles. The maximum atomic E-state index is 10.6. The van der Waals surface area contributed by atoms with Gasteiger partial charge in [0.05, 0.1) is 12.6 Å².